The Morgan fingerprint density at radius 2 is 1.76 bits per heavy atom. The second kappa shape index (κ2) is 4.23. The minimum Gasteiger partial charge on any atom is -0.398 e. The Kier molecular flexibility index (Phi) is 2.71. The van der Waals surface area contributed by atoms with Crippen LogP contribution in [0.4, 0.5) is 5.69 Å². The smallest absolute Gasteiger partial charge is 0.0484 e. The zero-order chi connectivity index (χ0) is 11.8. The lowest BCUT2D eigenvalue weighted by Gasteiger charge is -2.16. The molecule has 0 bridgehead atoms. The van der Waals surface area contributed by atoms with E-state index in [-0.39, 0.29) is 0 Å². The summed E-state index contributed by atoms with van der Waals surface area (Å²) < 4.78 is 0. The maximum absolute atomic E-state index is 6.25. The molecule has 0 heterocycles. The van der Waals surface area contributed by atoms with Crippen molar-refractivity contribution < 1.29 is 0 Å². The number of hydrogen-bond acceptors (Lipinski definition) is 1. The first-order valence-corrected chi connectivity index (χ1v) is 6.62. The lowest BCUT2D eigenvalue weighted by Crippen LogP contribution is -2.00. The van der Waals surface area contributed by atoms with Gasteiger partial charge in [0, 0.05) is 16.1 Å². The van der Waals surface area contributed by atoms with Crippen molar-refractivity contribution in [3.05, 3.63) is 40.9 Å². The van der Waals surface area contributed by atoms with Gasteiger partial charge in [-0.05, 0) is 41.8 Å². The average Bonchev–Trinajstić information content (AvgIpc) is 2.82. The maximum Gasteiger partial charge on any atom is 0.0484 e. The fourth-order valence-corrected chi connectivity index (χ4v) is 3.27. The van der Waals surface area contributed by atoms with Crippen molar-refractivity contribution in [2.75, 3.05) is 5.73 Å². The van der Waals surface area contributed by atoms with Crippen molar-refractivity contribution in [1.82, 2.24) is 0 Å². The molecule has 2 aromatic carbocycles. The zero-order valence-corrected chi connectivity index (χ0v) is 10.5. The van der Waals surface area contributed by atoms with E-state index in [1.54, 1.807) is 0 Å². The molecule has 0 aromatic heterocycles. The Balaban J connectivity index is 2.27. The molecule has 0 atom stereocenters. The van der Waals surface area contributed by atoms with Gasteiger partial charge in [0.05, 0.1) is 0 Å². The first-order valence-electron chi connectivity index (χ1n) is 6.24. The molecule has 3 rings (SSSR count). The van der Waals surface area contributed by atoms with E-state index in [0.717, 1.165) is 16.1 Å². The molecule has 1 fully saturated rings. The van der Waals surface area contributed by atoms with E-state index >= 15 is 0 Å². The van der Waals surface area contributed by atoms with Crippen molar-refractivity contribution in [3.63, 3.8) is 0 Å². The summed E-state index contributed by atoms with van der Waals surface area (Å²) in [6.45, 7) is 0. The van der Waals surface area contributed by atoms with Crippen molar-refractivity contribution in [2.24, 2.45) is 0 Å². The first-order chi connectivity index (χ1) is 8.27. The molecule has 1 aliphatic rings. The normalized spacial score (nSPS) is 16.8. The van der Waals surface area contributed by atoms with Gasteiger partial charge < -0.3 is 5.73 Å². The Morgan fingerprint density at radius 3 is 2.53 bits per heavy atom. The molecule has 1 saturated carbocycles. The van der Waals surface area contributed by atoms with Gasteiger partial charge in [0.25, 0.3) is 0 Å². The van der Waals surface area contributed by atoms with E-state index in [0.29, 0.717) is 5.92 Å². The van der Waals surface area contributed by atoms with Crippen LogP contribution in [0.5, 0.6) is 0 Å². The monoisotopic (exact) mass is 245 g/mol. The number of nitrogen functional groups attached to an aromatic ring is 1. The summed E-state index contributed by atoms with van der Waals surface area (Å²) in [7, 11) is 0. The summed E-state index contributed by atoms with van der Waals surface area (Å²) in [5.74, 6) is 0.622. The third kappa shape index (κ3) is 1.79. The van der Waals surface area contributed by atoms with Gasteiger partial charge in [-0.15, -0.1) is 0 Å². The third-order valence-electron chi connectivity index (χ3n) is 3.85. The molecule has 2 heteroatoms. The average molecular weight is 246 g/mol. The maximum atomic E-state index is 6.25. The molecule has 17 heavy (non-hydrogen) atoms. The first kappa shape index (κ1) is 10.9. The van der Waals surface area contributed by atoms with Gasteiger partial charge in [-0.3, -0.25) is 0 Å². The molecule has 1 nitrogen and oxygen atoms in total. The fraction of sp³-hybridized carbons (Fsp3) is 0.333. The highest BCUT2D eigenvalue weighted by Crippen LogP contribution is 2.41. The zero-order valence-electron chi connectivity index (χ0n) is 9.75. The number of rotatable bonds is 1. The topological polar surface area (TPSA) is 26.0 Å². The predicted octanol–water partition coefficient (Wildman–Crippen LogP) is 4.73. The molecular weight excluding hydrogens is 230 g/mol. The molecule has 2 aromatic rings. The standard InChI is InChI=1S/C15H16ClN/c16-13-7-3-6-12-11(13)8-9-14(17)15(12)10-4-1-2-5-10/h3,6-10H,1-2,4-5,17H2. The van der Waals surface area contributed by atoms with Gasteiger partial charge in [0.15, 0.2) is 0 Å². The van der Waals surface area contributed by atoms with E-state index in [4.69, 9.17) is 17.3 Å². The highest BCUT2D eigenvalue weighted by Gasteiger charge is 2.21. The van der Waals surface area contributed by atoms with Crippen molar-refractivity contribution in [2.45, 2.75) is 31.6 Å². The number of benzene rings is 2. The van der Waals surface area contributed by atoms with Crippen LogP contribution in [0, 0.1) is 0 Å². The SMILES string of the molecule is Nc1ccc2c(Cl)cccc2c1C1CCCC1. The quantitative estimate of drug-likeness (QED) is 0.722. The Bertz CT molecular complexity index is 556. The minimum atomic E-state index is 0.622. The van der Waals surface area contributed by atoms with E-state index < -0.39 is 0 Å². The third-order valence-corrected chi connectivity index (χ3v) is 4.18. The fourth-order valence-electron chi connectivity index (χ4n) is 3.03. The number of hydrogen-bond donors (Lipinski definition) is 1. The number of nitrogens with two attached hydrogens (primary N) is 1. The Labute approximate surface area is 107 Å². The van der Waals surface area contributed by atoms with Crippen LogP contribution in [0.2, 0.25) is 5.02 Å². The molecule has 2 N–H and O–H groups in total. The second-order valence-corrected chi connectivity index (χ2v) is 5.29. The van der Waals surface area contributed by atoms with Gasteiger partial charge in [0.2, 0.25) is 0 Å². The molecule has 0 radical (unpaired) electrons. The summed E-state index contributed by atoms with van der Waals surface area (Å²) in [6.07, 6.45) is 5.16. The summed E-state index contributed by atoms with van der Waals surface area (Å²) in [6, 6.07) is 10.1. The van der Waals surface area contributed by atoms with Gasteiger partial charge in [-0.2, -0.15) is 0 Å². The van der Waals surface area contributed by atoms with Gasteiger partial charge in [0.1, 0.15) is 0 Å². The highest BCUT2D eigenvalue weighted by atomic mass is 35.5. The lowest BCUT2D eigenvalue weighted by molar-refractivity contribution is 0.732. The summed E-state index contributed by atoms with van der Waals surface area (Å²) >= 11 is 6.25. The predicted molar refractivity (Wildman–Crippen MR) is 74.6 cm³/mol. The van der Waals surface area contributed by atoms with Crippen LogP contribution in [0.3, 0.4) is 0 Å². The second-order valence-electron chi connectivity index (χ2n) is 4.88. The Hall–Kier alpha value is -1.21. The van der Waals surface area contributed by atoms with Crippen LogP contribution >= 0.6 is 11.6 Å². The summed E-state index contributed by atoms with van der Waals surface area (Å²) in [5, 5.41) is 3.19. The van der Waals surface area contributed by atoms with E-state index in [2.05, 4.69) is 6.07 Å². The Morgan fingerprint density at radius 1 is 1.00 bits per heavy atom. The molecule has 88 valence electrons. The van der Waals surface area contributed by atoms with Gasteiger partial charge >= 0.3 is 0 Å². The molecule has 1 aliphatic carbocycles. The van der Waals surface area contributed by atoms with Crippen molar-refractivity contribution >= 4 is 28.1 Å². The molecule has 0 saturated heterocycles. The lowest BCUT2D eigenvalue weighted by atomic mass is 9.91. The van der Waals surface area contributed by atoms with E-state index in [1.165, 1.54) is 36.6 Å². The van der Waals surface area contributed by atoms with Crippen molar-refractivity contribution in [1.29, 1.82) is 0 Å². The van der Waals surface area contributed by atoms with Crippen molar-refractivity contribution in [3.8, 4) is 0 Å². The number of halogens is 1. The molecular formula is C15H16ClN. The van der Waals surface area contributed by atoms with E-state index in [9.17, 15) is 0 Å². The van der Waals surface area contributed by atoms with Crippen LogP contribution in [0.1, 0.15) is 37.2 Å². The van der Waals surface area contributed by atoms with Crippen LogP contribution in [0.25, 0.3) is 10.8 Å². The van der Waals surface area contributed by atoms with Crippen LogP contribution in [-0.2, 0) is 0 Å². The number of fused-ring (bicyclic) bond motifs is 1. The van der Waals surface area contributed by atoms with E-state index in [1.807, 2.05) is 24.3 Å². The van der Waals surface area contributed by atoms with Crippen LogP contribution in [-0.4, -0.2) is 0 Å². The van der Waals surface area contributed by atoms with Gasteiger partial charge in [-0.1, -0.05) is 42.6 Å². The number of anilines is 1. The van der Waals surface area contributed by atoms with Gasteiger partial charge in [-0.25, -0.2) is 0 Å². The minimum absolute atomic E-state index is 0.622. The largest absolute Gasteiger partial charge is 0.398 e. The highest BCUT2D eigenvalue weighted by molar-refractivity contribution is 6.35. The molecule has 0 unspecified atom stereocenters. The van der Waals surface area contributed by atoms with Crippen LogP contribution < -0.4 is 5.73 Å². The van der Waals surface area contributed by atoms with Crippen LogP contribution in [0.15, 0.2) is 30.3 Å². The summed E-state index contributed by atoms with van der Waals surface area (Å²) in [5.41, 5.74) is 8.42. The molecule has 0 amide bonds. The molecule has 0 spiro atoms. The molecule has 0 aliphatic heterocycles. The summed E-state index contributed by atoms with van der Waals surface area (Å²) in [4.78, 5) is 0.